The Kier molecular flexibility index (Phi) is 4.93. The second-order valence-electron chi connectivity index (χ2n) is 6.82. The second kappa shape index (κ2) is 7.84. The van der Waals surface area contributed by atoms with Crippen molar-refractivity contribution < 1.29 is 4.79 Å². The van der Waals surface area contributed by atoms with Gasteiger partial charge < -0.3 is 5.32 Å². The Bertz CT molecular complexity index is 1240. The number of benzene rings is 3. The van der Waals surface area contributed by atoms with Crippen LogP contribution in [0.5, 0.6) is 0 Å². The van der Waals surface area contributed by atoms with Crippen LogP contribution in [-0.2, 0) is 4.79 Å². The maximum atomic E-state index is 12.4. The number of anilines is 1. The molecule has 4 nitrogen and oxygen atoms in total. The Morgan fingerprint density at radius 1 is 0.931 bits per heavy atom. The molecule has 0 spiro atoms. The fraction of sp³-hybridized carbons (Fsp3) is 0.0800. The van der Waals surface area contributed by atoms with Crippen molar-refractivity contribution in [2.75, 3.05) is 5.32 Å². The maximum absolute atomic E-state index is 12.4. The van der Waals surface area contributed by atoms with Crippen LogP contribution in [0.2, 0.25) is 0 Å². The third kappa shape index (κ3) is 4.24. The van der Waals surface area contributed by atoms with Crippen LogP contribution >= 0.6 is 0 Å². The molecule has 0 radical (unpaired) electrons. The predicted octanol–water partition coefficient (Wildman–Crippen LogP) is 4.73. The molecule has 1 N–H and O–H groups in total. The lowest BCUT2D eigenvalue weighted by Gasteiger charge is -2.04. The number of hydrogen-bond donors (Lipinski definition) is 1. The first-order valence-corrected chi connectivity index (χ1v) is 9.21. The highest BCUT2D eigenvalue weighted by Gasteiger charge is 2.17. The summed E-state index contributed by atoms with van der Waals surface area (Å²) < 4.78 is 0. The van der Waals surface area contributed by atoms with E-state index < -0.39 is 0 Å². The maximum Gasteiger partial charge on any atom is 0.230 e. The molecule has 29 heavy (non-hydrogen) atoms. The van der Waals surface area contributed by atoms with E-state index in [9.17, 15) is 4.79 Å². The fourth-order valence-electron chi connectivity index (χ4n) is 3.06. The molecule has 0 fully saturated rings. The van der Waals surface area contributed by atoms with Crippen molar-refractivity contribution in [2.45, 2.75) is 13.3 Å². The normalized spacial score (nSPS) is 12.4. The van der Waals surface area contributed by atoms with Crippen molar-refractivity contribution in [1.29, 1.82) is 5.26 Å². The minimum Gasteiger partial charge on any atom is -0.324 e. The first kappa shape index (κ1) is 18.2. The molecular weight excluding hydrogens is 358 g/mol. The van der Waals surface area contributed by atoms with Gasteiger partial charge in [0, 0.05) is 11.1 Å². The molecular formula is C25H17N3O. The van der Waals surface area contributed by atoms with E-state index in [1.54, 1.807) is 18.2 Å². The number of carbonyl (C=O) groups excluding carboxylic acids is 1. The largest absolute Gasteiger partial charge is 0.324 e. The summed E-state index contributed by atoms with van der Waals surface area (Å²) >= 11 is 0. The Balaban J connectivity index is 1.68. The van der Waals surface area contributed by atoms with Crippen LogP contribution in [0.4, 0.5) is 11.4 Å². The van der Waals surface area contributed by atoms with Crippen LogP contribution in [0, 0.1) is 30.1 Å². The third-order valence-corrected chi connectivity index (χ3v) is 4.58. The smallest absolute Gasteiger partial charge is 0.230 e. The number of nitriles is 1. The molecule has 0 atom stereocenters. The molecule has 3 aromatic carbocycles. The zero-order chi connectivity index (χ0) is 20.2. The number of amides is 1. The minimum atomic E-state index is -0.145. The van der Waals surface area contributed by atoms with E-state index >= 15 is 0 Å². The van der Waals surface area contributed by atoms with Crippen LogP contribution in [0.1, 0.15) is 34.2 Å². The van der Waals surface area contributed by atoms with Crippen molar-refractivity contribution in [2.24, 2.45) is 4.99 Å². The van der Waals surface area contributed by atoms with Gasteiger partial charge in [0.25, 0.3) is 0 Å². The van der Waals surface area contributed by atoms with Crippen LogP contribution in [0.15, 0.2) is 71.7 Å². The van der Waals surface area contributed by atoms with Crippen LogP contribution in [-0.4, -0.2) is 11.6 Å². The fourth-order valence-corrected chi connectivity index (χ4v) is 3.06. The summed E-state index contributed by atoms with van der Waals surface area (Å²) in [6.45, 7) is 2.04. The third-order valence-electron chi connectivity index (χ3n) is 4.58. The zero-order valence-electron chi connectivity index (χ0n) is 15.9. The van der Waals surface area contributed by atoms with Gasteiger partial charge in [0.1, 0.15) is 0 Å². The number of aliphatic imine (C=N–C) groups is 1. The van der Waals surface area contributed by atoms with E-state index in [1.165, 1.54) is 5.56 Å². The molecule has 1 aliphatic heterocycles. The average Bonchev–Trinajstić information content (AvgIpc) is 2.91. The minimum absolute atomic E-state index is 0.145. The van der Waals surface area contributed by atoms with Gasteiger partial charge in [-0.05, 0) is 55.0 Å². The number of hydrogen-bond acceptors (Lipinski definition) is 3. The zero-order valence-corrected chi connectivity index (χ0v) is 15.9. The Labute approximate surface area is 169 Å². The molecule has 0 saturated carbocycles. The van der Waals surface area contributed by atoms with E-state index in [-0.39, 0.29) is 12.3 Å². The van der Waals surface area contributed by atoms with Gasteiger partial charge in [-0.3, -0.25) is 9.79 Å². The standard InChI is InChI=1S/C25H17N3O/c1-17-5-7-18(8-6-17)9-10-19-11-12-22-24(14-19)28-25(29)15-23(27-22)21-4-2-3-20(13-21)16-26/h2-8,11-14H,15H2,1H3,(H,28,29). The number of rotatable bonds is 1. The first-order valence-electron chi connectivity index (χ1n) is 9.21. The molecule has 0 aliphatic carbocycles. The Morgan fingerprint density at radius 3 is 2.48 bits per heavy atom. The Morgan fingerprint density at radius 2 is 1.69 bits per heavy atom. The highest BCUT2D eigenvalue weighted by atomic mass is 16.1. The van der Waals surface area contributed by atoms with E-state index in [2.05, 4.69) is 28.2 Å². The van der Waals surface area contributed by atoms with Crippen molar-refractivity contribution in [3.8, 4) is 17.9 Å². The topological polar surface area (TPSA) is 65.2 Å². The van der Waals surface area contributed by atoms with Crippen molar-refractivity contribution >= 4 is 23.0 Å². The summed E-state index contributed by atoms with van der Waals surface area (Å²) in [6, 6.07) is 22.9. The molecule has 0 bridgehead atoms. The van der Waals surface area contributed by atoms with E-state index in [0.29, 0.717) is 22.6 Å². The van der Waals surface area contributed by atoms with Gasteiger partial charge in [0.05, 0.1) is 35.1 Å². The van der Waals surface area contributed by atoms with Crippen LogP contribution < -0.4 is 5.32 Å². The summed E-state index contributed by atoms with van der Waals surface area (Å²) in [6.07, 6.45) is 0.147. The number of carbonyl (C=O) groups is 1. The van der Waals surface area contributed by atoms with Gasteiger partial charge in [0.2, 0.25) is 5.91 Å². The van der Waals surface area contributed by atoms with Gasteiger partial charge in [-0.1, -0.05) is 41.7 Å². The molecule has 4 rings (SSSR count). The lowest BCUT2D eigenvalue weighted by molar-refractivity contribution is -0.115. The molecule has 1 aliphatic rings. The molecule has 0 unspecified atom stereocenters. The lowest BCUT2D eigenvalue weighted by atomic mass is 10.0. The lowest BCUT2D eigenvalue weighted by Crippen LogP contribution is -2.15. The summed E-state index contributed by atoms with van der Waals surface area (Å²) in [5, 5.41) is 12.0. The van der Waals surface area contributed by atoms with Crippen molar-refractivity contribution in [1.82, 2.24) is 0 Å². The first-order chi connectivity index (χ1) is 14.1. The van der Waals surface area contributed by atoms with Crippen LogP contribution in [0.25, 0.3) is 0 Å². The molecule has 138 valence electrons. The van der Waals surface area contributed by atoms with Gasteiger partial charge in [-0.2, -0.15) is 5.26 Å². The van der Waals surface area contributed by atoms with Gasteiger partial charge in [-0.25, -0.2) is 0 Å². The SMILES string of the molecule is Cc1ccc(C#Cc2ccc3c(c2)NC(=O)CC(c2cccc(C#N)c2)=N3)cc1. The molecule has 1 amide bonds. The number of nitrogens with zero attached hydrogens (tertiary/aromatic N) is 2. The highest BCUT2D eigenvalue weighted by Crippen LogP contribution is 2.30. The molecule has 0 saturated heterocycles. The molecule has 1 heterocycles. The monoisotopic (exact) mass is 375 g/mol. The second-order valence-corrected chi connectivity index (χ2v) is 6.82. The predicted molar refractivity (Wildman–Crippen MR) is 114 cm³/mol. The van der Waals surface area contributed by atoms with Gasteiger partial charge in [-0.15, -0.1) is 0 Å². The average molecular weight is 375 g/mol. The Hall–Kier alpha value is -4.15. The van der Waals surface area contributed by atoms with Crippen molar-refractivity contribution in [3.63, 3.8) is 0 Å². The molecule has 3 aromatic rings. The van der Waals surface area contributed by atoms with Gasteiger partial charge in [0.15, 0.2) is 0 Å². The summed E-state index contributed by atoms with van der Waals surface area (Å²) in [5.41, 5.74) is 6.19. The van der Waals surface area contributed by atoms with Gasteiger partial charge >= 0.3 is 0 Å². The van der Waals surface area contributed by atoms with E-state index in [0.717, 1.165) is 16.7 Å². The highest BCUT2D eigenvalue weighted by molar-refractivity contribution is 6.17. The van der Waals surface area contributed by atoms with Crippen LogP contribution in [0.3, 0.4) is 0 Å². The molecule has 0 aromatic heterocycles. The quantitative estimate of drug-likeness (QED) is 0.625. The number of nitrogens with one attached hydrogen (secondary N) is 1. The summed E-state index contributed by atoms with van der Waals surface area (Å²) in [4.78, 5) is 17.1. The number of aryl methyl sites for hydroxylation is 1. The molecule has 4 heteroatoms. The van der Waals surface area contributed by atoms with E-state index in [4.69, 9.17) is 5.26 Å². The summed E-state index contributed by atoms with van der Waals surface area (Å²) in [5.74, 6) is 6.13. The summed E-state index contributed by atoms with van der Waals surface area (Å²) in [7, 11) is 0. The van der Waals surface area contributed by atoms with Crippen molar-refractivity contribution in [3.05, 3.63) is 94.5 Å². The van der Waals surface area contributed by atoms with E-state index in [1.807, 2.05) is 55.5 Å². The number of fused-ring (bicyclic) bond motifs is 1.